The topological polar surface area (TPSA) is 20.3 Å². The molecule has 0 N–H and O–H groups in total. The van der Waals surface area contributed by atoms with E-state index in [1.807, 2.05) is 25.1 Å². The molecular formula is C28H31F2N2O+. The first kappa shape index (κ1) is 23.3. The van der Waals surface area contributed by atoms with Gasteiger partial charge in [0.15, 0.2) is 0 Å². The molecule has 0 aromatic heterocycles. The molecule has 1 atom stereocenters. The van der Waals surface area contributed by atoms with Crippen LogP contribution >= 0.6 is 0 Å². The molecule has 4 rings (SSSR count). The number of benzene rings is 3. The Morgan fingerprint density at radius 2 is 1.45 bits per heavy atom. The fourth-order valence-corrected chi connectivity index (χ4v) is 5.03. The molecule has 1 unspecified atom stereocenters. The van der Waals surface area contributed by atoms with Crippen LogP contribution in [-0.4, -0.2) is 36.5 Å². The molecule has 1 saturated heterocycles. The third-order valence-corrected chi connectivity index (χ3v) is 6.81. The summed E-state index contributed by atoms with van der Waals surface area (Å²) >= 11 is 0. The van der Waals surface area contributed by atoms with Gasteiger partial charge in [-0.3, -0.25) is 4.90 Å². The second-order valence-corrected chi connectivity index (χ2v) is 8.70. The molecule has 0 radical (unpaired) electrons. The fourth-order valence-electron chi connectivity index (χ4n) is 5.03. The number of likely N-dealkylation sites (N-methyl/N-ethyl adjacent to an activating group) is 1. The van der Waals surface area contributed by atoms with E-state index in [2.05, 4.69) is 17.0 Å². The number of likely N-dealkylation sites (tertiary alicyclic amines) is 1. The summed E-state index contributed by atoms with van der Waals surface area (Å²) in [6.45, 7) is 4.09. The lowest BCUT2D eigenvalue weighted by Gasteiger charge is -2.41. The van der Waals surface area contributed by atoms with Gasteiger partial charge in [0.1, 0.15) is 29.1 Å². The first-order valence-corrected chi connectivity index (χ1v) is 11.8. The van der Waals surface area contributed by atoms with Crippen molar-refractivity contribution < 1.29 is 13.6 Å². The molecule has 1 amide bonds. The maximum atomic E-state index is 14.4. The fraction of sp³-hybridized carbons (Fsp3) is 0.321. The second kappa shape index (κ2) is 10.4. The Kier molecular flexibility index (Phi) is 7.31. The maximum absolute atomic E-state index is 14.4. The number of quaternary nitrogens is 1. The average Bonchev–Trinajstić information content (AvgIpc) is 2.86. The van der Waals surface area contributed by atoms with Crippen molar-refractivity contribution in [2.45, 2.75) is 38.6 Å². The summed E-state index contributed by atoms with van der Waals surface area (Å²) in [7, 11) is 0. The lowest BCUT2D eigenvalue weighted by Crippen LogP contribution is -2.60. The molecule has 0 bridgehead atoms. The van der Waals surface area contributed by atoms with Gasteiger partial charge in [-0.15, -0.1) is 0 Å². The monoisotopic (exact) mass is 449 g/mol. The van der Waals surface area contributed by atoms with E-state index in [9.17, 15) is 13.6 Å². The Morgan fingerprint density at radius 3 is 2.00 bits per heavy atom. The Hall–Kier alpha value is -2.89. The van der Waals surface area contributed by atoms with Crippen LogP contribution in [0.4, 0.5) is 20.2 Å². The normalized spacial score (nSPS) is 17.1. The smallest absolute Gasteiger partial charge is 0.288 e. The lowest BCUT2D eigenvalue weighted by molar-refractivity contribution is -0.134. The zero-order valence-corrected chi connectivity index (χ0v) is 19.1. The van der Waals surface area contributed by atoms with Gasteiger partial charge in [0.2, 0.25) is 0 Å². The highest BCUT2D eigenvalue weighted by Crippen LogP contribution is 2.38. The molecule has 0 aliphatic carbocycles. The first-order valence-electron chi connectivity index (χ1n) is 11.8. The lowest BCUT2D eigenvalue weighted by atomic mass is 9.97. The van der Waals surface area contributed by atoms with Gasteiger partial charge < -0.3 is 0 Å². The molecule has 5 heteroatoms. The average molecular weight is 450 g/mol. The minimum Gasteiger partial charge on any atom is -0.288 e. The molecule has 3 nitrogen and oxygen atoms in total. The van der Waals surface area contributed by atoms with Gasteiger partial charge in [0, 0.05) is 30.8 Å². The predicted molar refractivity (Wildman–Crippen MR) is 129 cm³/mol. The number of halogens is 2. The first-order chi connectivity index (χ1) is 16.0. The van der Waals surface area contributed by atoms with Gasteiger partial charge in [0.25, 0.3) is 0 Å². The third-order valence-electron chi connectivity index (χ3n) is 6.81. The number of carbonyl (C=O) groups is 1. The molecule has 1 aliphatic heterocycles. The number of hydrogen-bond acceptors (Lipinski definition) is 2. The zero-order valence-electron chi connectivity index (χ0n) is 19.1. The van der Waals surface area contributed by atoms with E-state index in [1.54, 1.807) is 24.3 Å². The highest BCUT2D eigenvalue weighted by molar-refractivity contribution is 5.98. The summed E-state index contributed by atoms with van der Waals surface area (Å²) in [5.74, 6) is -0.633. The largest absolute Gasteiger partial charge is 0.341 e. The van der Waals surface area contributed by atoms with Crippen LogP contribution in [0.5, 0.6) is 0 Å². The van der Waals surface area contributed by atoms with Crippen molar-refractivity contribution in [1.29, 1.82) is 0 Å². The van der Waals surface area contributed by atoms with Crippen LogP contribution in [0.1, 0.15) is 31.7 Å². The Morgan fingerprint density at radius 1 is 0.879 bits per heavy atom. The maximum Gasteiger partial charge on any atom is 0.341 e. The Balaban J connectivity index is 1.71. The van der Waals surface area contributed by atoms with Crippen LogP contribution < -0.4 is 4.48 Å². The number of rotatable bonds is 7. The van der Waals surface area contributed by atoms with E-state index in [4.69, 9.17) is 0 Å². The van der Waals surface area contributed by atoms with E-state index < -0.39 is 0 Å². The van der Waals surface area contributed by atoms with E-state index in [1.165, 1.54) is 29.8 Å². The van der Waals surface area contributed by atoms with Crippen LogP contribution in [0.3, 0.4) is 0 Å². The quantitative estimate of drug-likeness (QED) is 0.398. The highest BCUT2D eigenvalue weighted by atomic mass is 19.1. The van der Waals surface area contributed by atoms with E-state index >= 15 is 0 Å². The van der Waals surface area contributed by atoms with Gasteiger partial charge in [-0.2, -0.15) is 4.48 Å². The van der Waals surface area contributed by atoms with Crippen molar-refractivity contribution in [2.75, 3.05) is 19.6 Å². The van der Waals surface area contributed by atoms with Gasteiger partial charge in [-0.1, -0.05) is 30.3 Å². The SMILES string of the molecule is CC[N+](C(=O)C1CCCCN1CCc1ccccc1)(c1ccc(F)cc1)c1ccc(F)cc1. The highest BCUT2D eigenvalue weighted by Gasteiger charge is 2.46. The van der Waals surface area contributed by atoms with Gasteiger partial charge in [-0.25, -0.2) is 13.6 Å². The summed E-state index contributed by atoms with van der Waals surface area (Å²) in [6, 6.07) is 22.3. The van der Waals surface area contributed by atoms with Crippen LogP contribution in [0.2, 0.25) is 0 Å². The molecule has 1 fully saturated rings. The van der Waals surface area contributed by atoms with Gasteiger partial charge in [0.05, 0.1) is 6.54 Å². The molecule has 0 saturated carbocycles. The molecule has 3 aromatic carbocycles. The van der Waals surface area contributed by atoms with Crippen molar-refractivity contribution in [3.8, 4) is 0 Å². The van der Waals surface area contributed by atoms with Crippen molar-refractivity contribution in [1.82, 2.24) is 9.38 Å². The number of nitrogens with zero attached hydrogens (tertiary/aromatic N) is 2. The van der Waals surface area contributed by atoms with Crippen LogP contribution in [0, 0.1) is 11.6 Å². The minimum absolute atomic E-state index is 0.0588. The third kappa shape index (κ3) is 4.90. The van der Waals surface area contributed by atoms with Gasteiger partial charge in [-0.05, 0) is 69.0 Å². The van der Waals surface area contributed by atoms with E-state index in [0.29, 0.717) is 17.9 Å². The Bertz CT molecular complexity index is 1010. The summed E-state index contributed by atoms with van der Waals surface area (Å²) in [5, 5.41) is 0. The Labute approximate surface area is 194 Å². The second-order valence-electron chi connectivity index (χ2n) is 8.70. The molecule has 172 valence electrons. The van der Waals surface area contributed by atoms with Crippen molar-refractivity contribution in [3.05, 3.63) is 96.1 Å². The molecule has 1 aliphatic rings. The molecule has 3 aromatic rings. The summed E-state index contributed by atoms with van der Waals surface area (Å²) < 4.78 is 27.5. The summed E-state index contributed by atoms with van der Waals surface area (Å²) in [5.41, 5.74) is 2.65. The van der Waals surface area contributed by atoms with E-state index in [-0.39, 0.29) is 28.1 Å². The number of hydrogen-bond donors (Lipinski definition) is 0. The molecule has 0 spiro atoms. The van der Waals surface area contributed by atoms with Gasteiger partial charge >= 0.3 is 5.91 Å². The standard InChI is InChI=1S/C28H31F2N2O/c1-2-32(25-15-11-23(29)12-16-25,26-17-13-24(30)14-18-26)28(33)27-10-6-7-20-31(27)21-19-22-8-4-3-5-9-22/h3-5,8-9,11-18,27H,2,6-7,10,19-21H2,1H3/q+1. The number of carbonyl (C=O) groups excluding carboxylic acids is 1. The van der Waals surface area contributed by atoms with Crippen molar-refractivity contribution >= 4 is 17.3 Å². The predicted octanol–water partition coefficient (Wildman–Crippen LogP) is 6.25. The number of amides is 1. The minimum atomic E-state index is -0.346. The molecule has 1 heterocycles. The van der Waals surface area contributed by atoms with Crippen LogP contribution in [0.25, 0.3) is 0 Å². The molecule has 33 heavy (non-hydrogen) atoms. The molecular weight excluding hydrogens is 418 g/mol. The van der Waals surface area contributed by atoms with Crippen molar-refractivity contribution in [3.63, 3.8) is 0 Å². The zero-order chi connectivity index (χ0) is 23.3. The van der Waals surface area contributed by atoms with Crippen LogP contribution in [0.15, 0.2) is 78.9 Å². The van der Waals surface area contributed by atoms with Crippen LogP contribution in [-0.2, 0) is 11.2 Å². The van der Waals surface area contributed by atoms with Crippen molar-refractivity contribution in [2.24, 2.45) is 0 Å². The summed E-state index contributed by atoms with van der Waals surface area (Å²) in [4.78, 5) is 16.7. The van der Waals surface area contributed by atoms with E-state index in [0.717, 1.165) is 38.8 Å². The summed E-state index contributed by atoms with van der Waals surface area (Å²) in [6.07, 6.45) is 3.73. The number of piperidine rings is 1.